The minimum absolute atomic E-state index is 0.237. The maximum Gasteiger partial charge on any atom is 0.346 e. The summed E-state index contributed by atoms with van der Waals surface area (Å²) in [6.45, 7) is 0. The SMILES string of the molecule is O=C(O)c1sccc1-c1cccc(F)c1. The Morgan fingerprint density at radius 1 is 1.33 bits per heavy atom. The zero-order valence-corrected chi connectivity index (χ0v) is 8.42. The molecule has 0 aliphatic heterocycles. The van der Waals surface area contributed by atoms with E-state index in [1.165, 1.54) is 12.1 Å². The predicted molar refractivity (Wildman–Crippen MR) is 56.7 cm³/mol. The van der Waals surface area contributed by atoms with Crippen LogP contribution in [0.1, 0.15) is 9.67 Å². The Hall–Kier alpha value is -1.68. The van der Waals surface area contributed by atoms with Crippen molar-refractivity contribution in [3.8, 4) is 11.1 Å². The number of carbonyl (C=O) groups is 1. The van der Waals surface area contributed by atoms with E-state index in [1.54, 1.807) is 23.6 Å². The maximum atomic E-state index is 12.9. The van der Waals surface area contributed by atoms with Gasteiger partial charge in [-0.25, -0.2) is 9.18 Å². The number of carboxylic acids is 1. The third-order valence-corrected chi connectivity index (χ3v) is 2.90. The fourth-order valence-electron chi connectivity index (χ4n) is 1.36. The first kappa shape index (κ1) is 9.86. The molecule has 0 amide bonds. The smallest absolute Gasteiger partial charge is 0.346 e. The van der Waals surface area contributed by atoms with Crippen LogP contribution in [0.5, 0.6) is 0 Å². The number of thiophene rings is 1. The van der Waals surface area contributed by atoms with E-state index in [9.17, 15) is 9.18 Å². The summed E-state index contributed by atoms with van der Waals surface area (Å²) in [6.07, 6.45) is 0. The fraction of sp³-hybridized carbons (Fsp3) is 0. The van der Waals surface area contributed by atoms with Gasteiger partial charge < -0.3 is 5.11 Å². The van der Waals surface area contributed by atoms with Gasteiger partial charge in [0.05, 0.1) is 0 Å². The summed E-state index contributed by atoms with van der Waals surface area (Å²) in [7, 11) is 0. The molecule has 4 heteroatoms. The highest BCUT2D eigenvalue weighted by atomic mass is 32.1. The second kappa shape index (κ2) is 3.82. The third-order valence-electron chi connectivity index (χ3n) is 2.00. The maximum absolute atomic E-state index is 12.9. The summed E-state index contributed by atoms with van der Waals surface area (Å²) in [4.78, 5) is 11.1. The van der Waals surface area contributed by atoms with Crippen LogP contribution in [0, 0.1) is 5.82 Å². The molecule has 15 heavy (non-hydrogen) atoms. The highest BCUT2D eigenvalue weighted by molar-refractivity contribution is 7.12. The predicted octanol–water partition coefficient (Wildman–Crippen LogP) is 3.25. The molecule has 1 heterocycles. The van der Waals surface area contributed by atoms with Gasteiger partial charge >= 0.3 is 5.97 Å². The summed E-state index contributed by atoms with van der Waals surface area (Å²) in [5.41, 5.74) is 1.15. The van der Waals surface area contributed by atoms with Gasteiger partial charge in [0.25, 0.3) is 0 Å². The van der Waals surface area contributed by atoms with E-state index in [4.69, 9.17) is 5.11 Å². The second-order valence-electron chi connectivity index (χ2n) is 2.98. The van der Waals surface area contributed by atoms with Crippen LogP contribution in [-0.2, 0) is 0 Å². The van der Waals surface area contributed by atoms with Crippen LogP contribution in [-0.4, -0.2) is 11.1 Å². The molecular weight excluding hydrogens is 215 g/mol. The van der Waals surface area contributed by atoms with Gasteiger partial charge in [0.15, 0.2) is 0 Å². The molecule has 1 aromatic heterocycles. The molecule has 0 saturated carbocycles. The van der Waals surface area contributed by atoms with Crippen molar-refractivity contribution in [2.24, 2.45) is 0 Å². The molecule has 0 bridgehead atoms. The fourth-order valence-corrected chi connectivity index (χ4v) is 2.11. The van der Waals surface area contributed by atoms with Crippen molar-refractivity contribution < 1.29 is 14.3 Å². The second-order valence-corrected chi connectivity index (χ2v) is 3.90. The van der Waals surface area contributed by atoms with Gasteiger partial charge in [-0.2, -0.15) is 0 Å². The van der Waals surface area contributed by atoms with Gasteiger partial charge in [-0.3, -0.25) is 0 Å². The molecule has 1 aromatic carbocycles. The molecule has 0 spiro atoms. The first-order valence-electron chi connectivity index (χ1n) is 4.25. The van der Waals surface area contributed by atoms with Crippen molar-refractivity contribution in [2.45, 2.75) is 0 Å². The highest BCUT2D eigenvalue weighted by Crippen LogP contribution is 2.28. The molecule has 0 atom stereocenters. The Bertz CT molecular complexity index is 505. The van der Waals surface area contributed by atoms with Crippen LogP contribution in [0.25, 0.3) is 11.1 Å². The lowest BCUT2D eigenvalue weighted by atomic mass is 10.1. The summed E-state index contributed by atoms with van der Waals surface area (Å²) < 4.78 is 12.9. The number of aromatic carboxylic acids is 1. The molecular formula is C11H7FO2S. The van der Waals surface area contributed by atoms with Crippen LogP contribution in [0.15, 0.2) is 35.7 Å². The minimum Gasteiger partial charge on any atom is -0.477 e. The van der Waals surface area contributed by atoms with Crippen molar-refractivity contribution >= 4 is 17.3 Å². The van der Waals surface area contributed by atoms with Crippen LogP contribution in [0.2, 0.25) is 0 Å². The largest absolute Gasteiger partial charge is 0.477 e. The highest BCUT2D eigenvalue weighted by Gasteiger charge is 2.13. The number of benzene rings is 1. The van der Waals surface area contributed by atoms with Gasteiger partial charge in [-0.05, 0) is 29.1 Å². The van der Waals surface area contributed by atoms with Gasteiger partial charge in [0.2, 0.25) is 0 Å². The lowest BCUT2D eigenvalue weighted by Crippen LogP contribution is -1.94. The minimum atomic E-state index is -0.982. The molecule has 2 rings (SSSR count). The Labute approximate surface area is 89.6 Å². The average Bonchev–Trinajstić information content (AvgIpc) is 2.65. The van der Waals surface area contributed by atoms with Crippen LogP contribution in [0.3, 0.4) is 0 Å². The summed E-state index contributed by atoms with van der Waals surface area (Å²) in [5.74, 6) is -1.35. The lowest BCUT2D eigenvalue weighted by Gasteiger charge is -2.00. The molecule has 0 saturated heterocycles. The Morgan fingerprint density at radius 2 is 2.13 bits per heavy atom. The standard InChI is InChI=1S/C11H7FO2S/c12-8-3-1-2-7(6-8)9-4-5-15-10(9)11(13)14/h1-6H,(H,13,14). The van der Waals surface area contributed by atoms with Crippen molar-refractivity contribution in [1.29, 1.82) is 0 Å². The topological polar surface area (TPSA) is 37.3 Å². The Morgan fingerprint density at radius 3 is 2.80 bits per heavy atom. The number of halogens is 1. The molecule has 0 fully saturated rings. The number of hydrogen-bond acceptors (Lipinski definition) is 2. The van der Waals surface area contributed by atoms with Gasteiger partial charge in [-0.1, -0.05) is 12.1 Å². The molecule has 0 unspecified atom stereocenters. The van der Waals surface area contributed by atoms with Crippen molar-refractivity contribution in [1.82, 2.24) is 0 Å². The molecule has 0 radical (unpaired) electrons. The summed E-state index contributed by atoms with van der Waals surface area (Å²) in [6, 6.07) is 7.60. The molecule has 0 aliphatic carbocycles. The van der Waals surface area contributed by atoms with E-state index < -0.39 is 5.97 Å². The Balaban J connectivity index is 2.54. The number of carboxylic acid groups (broad SMARTS) is 1. The van der Waals surface area contributed by atoms with E-state index in [2.05, 4.69) is 0 Å². The number of rotatable bonds is 2. The van der Waals surface area contributed by atoms with E-state index in [1.807, 2.05) is 0 Å². The van der Waals surface area contributed by atoms with Gasteiger partial charge in [0, 0.05) is 5.56 Å². The molecule has 2 nitrogen and oxygen atoms in total. The third kappa shape index (κ3) is 1.89. The summed E-state index contributed by atoms with van der Waals surface area (Å²) in [5, 5.41) is 10.6. The zero-order valence-electron chi connectivity index (χ0n) is 7.61. The average molecular weight is 222 g/mol. The van der Waals surface area contributed by atoms with Crippen molar-refractivity contribution in [3.05, 3.63) is 46.4 Å². The molecule has 1 N–H and O–H groups in total. The van der Waals surface area contributed by atoms with Crippen LogP contribution in [0.4, 0.5) is 4.39 Å². The van der Waals surface area contributed by atoms with Gasteiger partial charge in [-0.15, -0.1) is 11.3 Å². The van der Waals surface area contributed by atoms with E-state index in [0.717, 1.165) is 11.3 Å². The monoisotopic (exact) mass is 222 g/mol. The quantitative estimate of drug-likeness (QED) is 0.846. The number of hydrogen-bond donors (Lipinski definition) is 1. The lowest BCUT2D eigenvalue weighted by molar-refractivity contribution is 0.0703. The first-order valence-corrected chi connectivity index (χ1v) is 5.13. The van der Waals surface area contributed by atoms with E-state index >= 15 is 0 Å². The Kier molecular flexibility index (Phi) is 2.51. The van der Waals surface area contributed by atoms with Gasteiger partial charge in [0.1, 0.15) is 10.7 Å². The molecule has 76 valence electrons. The van der Waals surface area contributed by atoms with Crippen LogP contribution < -0.4 is 0 Å². The van der Waals surface area contributed by atoms with E-state index in [0.29, 0.717) is 11.1 Å². The normalized spacial score (nSPS) is 10.2. The van der Waals surface area contributed by atoms with Crippen molar-refractivity contribution in [3.63, 3.8) is 0 Å². The summed E-state index contributed by atoms with van der Waals surface area (Å²) >= 11 is 1.14. The zero-order chi connectivity index (χ0) is 10.8. The van der Waals surface area contributed by atoms with Crippen LogP contribution >= 0.6 is 11.3 Å². The van der Waals surface area contributed by atoms with Crippen molar-refractivity contribution in [2.75, 3.05) is 0 Å². The van der Waals surface area contributed by atoms with E-state index in [-0.39, 0.29) is 10.7 Å². The molecule has 0 aliphatic rings. The molecule has 2 aromatic rings. The first-order chi connectivity index (χ1) is 7.18.